The van der Waals surface area contributed by atoms with Crippen LogP contribution in [0.3, 0.4) is 0 Å². The first kappa shape index (κ1) is 17.2. The van der Waals surface area contributed by atoms with Gasteiger partial charge in [0.25, 0.3) is 5.91 Å². The summed E-state index contributed by atoms with van der Waals surface area (Å²) in [6.45, 7) is 5.55. The summed E-state index contributed by atoms with van der Waals surface area (Å²) in [5.74, 6) is 0.606. The Labute approximate surface area is 148 Å². The Balaban J connectivity index is 1.61. The van der Waals surface area contributed by atoms with Crippen LogP contribution in [0.2, 0.25) is 5.02 Å². The molecule has 1 saturated carbocycles. The maximum absolute atomic E-state index is 12.6. The van der Waals surface area contributed by atoms with Crippen LogP contribution >= 0.6 is 22.9 Å². The Morgan fingerprint density at radius 1 is 1.26 bits per heavy atom. The van der Waals surface area contributed by atoms with E-state index in [1.807, 2.05) is 12.3 Å². The predicted octanol–water partition coefficient (Wildman–Crippen LogP) is 4.48. The third-order valence-corrected chi connectivity index (χ3v) is 6.97. The first-order chi connectivity index (χ1) is 11.1. The molecular weight excluding hydrogens is 328 g/mol. The molecule has 0 spiro atoms. The minimum atomic E-state index is 0.0173. The van der Waals surface area contributed by atoms with Crippen molar-refractivity contribution in [3.63, 3.8) is 0 Å². The number of rotatable bonds is 4. The van der Waals surface area contributed by atoms with E-state index in [0.29, 0.717) is 21.9 Å². The first-order valence-electron chi connectivity index (χ1n) is 8.92. The van der Waals surface area contributed by atoms with Crippen LogP contribution in [0.1, 0.15) is 60.2 Å². The van der Waals surface area contributed by atoms with E-state index < -0.39 is 0 Å². The minimum Gasteiger partial charge on any atom is -0.348 e. The summed E-state index contributed by atoms with van der Waals surface area (Å²) in [5.41, 5.74) is 0.996. The quantitative estimate of drug-likeness (QED) is 0.864. The van der Waals surface area contributed by atoms with Gasteiger partial charge in [-0.25, -0.2) is 0 Å². The summed E-state index contributed by atoms with van der Waals surface area (Å²) in [4.78, 5) is 15.9. The maximum atomic E-state index is 12.6. The summed E-state index contributed by atoms with van der Waals surface area (Å²) in [6, 6.07) is 0.302. The molecule has 128 valence electrons. The highest BCUT2D eigenvalue weighted by molar-refractivity contribution is 7.13. The molecule has 1 amide bonds. The SMILES string of the molecule is Cc1csc(C(=O)N[C@@H]2CCCC[C@H]2CN2CCCCC2)c1Cl. The lowest BCUT2D eigenvalue weighted by Crippen LogP contribution is -2.47. The highest BCUT2D eigenvalue weighted by Gasteiger charge is 2.29. The Hall–Kier alpha value is -0.580. The van der Waals surface area contributed by atoms with Crippen LogP contribution in [0.15, 0.2) is 5.38 Å². The van der Waals surface area contributed by atoms with Gasteiger partial charge in [0.2, 0.25) is 0 Å². The van der Waals surface area contributed by atoms with Gasteiger partial charge >= 0.3 is 0 Å². The Kier molecular flexibility index (Phi) is 6.00. The summed E-state index contributed by atoms with van der Waals surface area (Å²) in [7, 11) is 0. The van der Waals surface area contributed by atoms with Crippen molar-refractivity contribution in [2.45, 2.75) is 57.9 Å². The van der Waals surface area contributed by atoms with E-state index in [-0.39, 0.29) is 5.91 Å². The number of aryl methyl sites for hydroxylation is 1. The second kappa shape index (κ2) is 8.00. The number of likely N-dealkylation sites (tertiary alicyclic amines) is 1. The molecule has 1 aliphatic carbocycles. The monoisotopic (exact) mass is 354 g/mol. The number of halogens is 1. The van der Waals surface area contributed by atoms with Gasteiger partial charge in [-0.3, -0.25) is 4.79 Å². The van der Waals surface area contributed by atoms with Gasteiger partial charge in [-0.2, -0.15) is 0 Å². The van der Waals surface area contributed by atoms with Gasteiger partial charge in [0, 0.05) is 12.6 Å². The van der Waals surface area contributed by atoms with Crippen LogP contribution in [0, 0.1) is 12.8 Å². The lowest BCUT2D eigenvalue weighted by molar-refractivity contribution is 0.0881. The van der Waals surface area contributed by atoms with E-state index in [0.717, 1.165) is 18.5 Å². The number of thiophene rings is 1. The topological polar surface area (TPSA) is 32.3 Å². The molecule has 1 aromatic rings. The van der Waals surface area contributed by atoms with Crippen molar-refractivity contribution in [1.29, 1.82) is 0 Å². The second-order valence-corrected chi connectivity index (χ2v) is 8.31. The third-order valence-electron chi connectivity index (χ3n) is 5.27. The smallest absolute Gasteiger partial charge is 0.263 e. The molecule has 0 unspecified atom stereocenters. The predicted molar refractivity (Wildman–Crippen MR) is 97.6 cm³/mol. The Morgan fingerprint density at radius 3 is 2.70 bits per heavy atom. The molecule has 2 fully saturated rings. The van der Waals surface area contributed by atoms with E-state index >= 15 is 0 Å². The first-order valence-corrected chi connectivity index (χ1v) is 10.2. The van der Waals surface area contributed by atoms with Gasteiger partial charge in [0.05, 0.1) is 5.02 Å². The van der Waals surface area contributed by atoms with Crippen LogP contribution in [0.5, 0.6) is 0 Å². The van der Waals surface area contributed by atoms with E-state index in [1.165, 1.54) is 63.0 Å². The molecule has 1 saturated heterocycles. The van der Waals surface area contributed by atoms with Crippen molar-refractivity contribution in [2.75, 3.05) is 19.6 Å². The van der Waals surface area contributed by atoms with Crippen LogP contribution in [0.4, 0.5) is 0 Å². The fraction of sp³-hybridized carbons (Fsp3) is 0.722. The van der Waals surface area contributed by atoms with Crippen LogP contribution in [-0.4, -0.2) is 36.5 Å². The normalized spacial score (nSPS) is 26.2. The van der Waals surface area contributed by atoms with Crippen molar-refractivity contribution >= 4 is 28.8 Å². The Bertz CT molecular complexity index is 539. The largest absolute Gasteiger partial charge is 0.348 e. The molecule has 3 rings (SSSR count). The molecule has 0 radical (unpaired) electrons. The summed E-state index contributed by atoms with van der Waals surface area (Å²) in [6.07, 6.45) is 8.88. The molecule has 0 bridgehead atoms. The molecule has 1 N–H and O–H groups in total. The zero-order valence-electron chi connectivity index (χ0n) is 13.9. The minimum absolute atomic E-state index is 0.0173. The van der Waals surface area contributed by atoms with E-state index in [2.05, 4.69) is 10.2 Å². The second-order valence-electron chi connectivity index (χ2n) is 7.05. The van der Waals surface area contributed by atoms with E-state index in [1.54, 1.807) is 0 Å². The van der Waals surface area contributed by atoms with E-state index in [4.69, 9.17) is 11.6 Å². The highest BCUT2D eigenvalue weighted by atomic mass is 35.5. The van der Waals surface area contributed by atoms with E-state index in [9.17, 15) is 4.79 Å². The molecule has 5 heteroatoms. The van der Waals surface area contributed by atoms with Gasteiger partial charge in [0.15, 0.2) is 0 Å². The van der Waals surface area contributed by atoms with Crippen molar-refractivity contribution in [1.82, 2.24) is 10.2 Å². The van der Waals surface area contributed by atoms with Gasteiger partial charge in [-0.05, 0) is 62.6 Å². The third kappa shape index (κ3) is 4.28. The highest BCUT2D eigenvalue weighted by Crippen LogP contribution is 2.30. The molecule has 0 aromatic carbocycles. The van der Waals surface area contributed by atoms with Gasteiger partial charge in [-0.15, -0.1) is 11.3 Å². The molecule has 2 aliphatic rings. The molecular formula is C18H27ClN2OS. The molecule has 1 aliphatic heterocycles. The number of nitrogens with zero attached hydrogens (tertiary/aromatic N) is 1. The number of piperidine rings is 1. The summed E-state index contributed by atoms with van der Waals surface area (Å²) < 4.78 is 0. The van der Waals surface area contributed by atoms with Crippen molar-refractivity contribution in [3.05, 3.63) is 20.8 Å². The van der Waals surface area contributed by atoms with Gasteiger partial charge in [-0.1, -0.05) is 30.9 Å². The number of amides is 1. The molecule has 2 atom stereocenters. The number of carbonyl (C=O) groups excluding carboxylic acids is 1. The average molecular weight is 355 g/mol. The van der Waals surface area contributed by atoms with Crippen molar-refractivity contribution < 1.29 is 4.79 Å². The van der Waals surface area contributed by atoms with Gasteiger partial charge < -0.3 is 10.2 Å². The van der Waals surface area contributed by atoms with Gasteiger partial charge in [0.1, 0.15) is 4.88 Å². The van der Waals surface area contributed by atoms with Crippen molar-refractivity contribution in [3.8, 4) is 0 Å². The van der Waals surface area contributed by atoms with Crippen LogP contribution in [-0.2, 0) is 0 Å². The summed E-state index contributed by atoms with van der Waals surface area (Å²) >= 11 is 7.71. The van der Waals surface area contributed by atoms with Crippen LogP contribution < -0.4 is 5.32 Å². The number of nitrogens with one attached hydrogen (secondary N) is 1. The lowest BCUT2D eigenvalue weighted by atomic mass is 9.83. The number of hydrogen-bond donors (Lipinski definition) is 1. The van der Waals surface area contributed by atoms with Crippen LogP contribution in [0.25, 0.3) is 0 Å². The Morgan fingerprint density at radius 2 is 2.00 bits per heavy atom. The molecule has 23 heavy (non-hydrogen) atoms. The molecule has 3 nitrogen and oxygen atoms in total. The summed E-state index contributed by atoms with van der Waals surface area (Å²) in [5, 5.41) is 5.87. The molecule has 2 heterocycles. The van der Waals surface area contributed by atoms with Crippen molar-refractivity contribution in [2.24, 2.45) is 5.92 Å². The standard InChI is InChI=1S/C18H27ClN2OS/c1-13-12-23-17(16(13)19)18(22)20-15-8-4-3-7-14(15)11-21-9-5-2-6-10-21/h12,14-15H,2-11H2,1H3,(H,20,22)/t14-,15+/m0/s1. The zero-order chi connectivity index (χ0) is 16.2. The number of carbonyl (C=O) groups is 1. The maximum Gasteiger partial charge on any atom is 0.263 e. The molecule has 1 aromatic heterocycles. The number of hydrogen-bond acceptors (Lipinski definition) is 3. The zero-order valence-corrected chi connectivity index (χ0v) is 15.5. The fourth-order valence-corrected chi connectivity index (χ4v) is 5.09. The fourth-order valence-electron chi connectivity index (χ4n) is 3.91. The lowest BCUT2D eigenvalue weighted by Gasteiger charge is -2.37. The average Bonchev–Trinajstić information content (AvgIpc) is 2.90.